The minimum Gasteiger partial charge on any atom is -0.305 e. The molecule has 4 rings (SSSR count). The molecule has 0 saturated heterocycles. The fourth-order valence-electron chi connectivity index (χ4n) is 2.77. The highest BCUT2D eigenvalue weighted by Crippen LogP contribution is 2.20. The summed E-state index contributed by atoms with van der Waals surface area (Å²) in [5, 5.41) is 12.2. The topological polar surface area (TPSA) is 83.1 Å². The van der Waals surface area contributed by atoms with E-state index >= 15 is 0 Å². The summed E-state index contributed by atoms with van der Waals surface area (Å²) in [5.74, 6) is 0.335. The summed E-state index contributed by atoms with van der Waals surface area (Å²) < 4.78 is 1.75. The number of amides is 1. The molecule has 6 heteroatoms. The van der Waals surface area contributed by atoms with Crippen LogP contribution in [-0.2, 0) is 0 Å². The van der Waals surface area contributed by atoms with Gasteiger partial charge in [0.05, 0.1) is 11.0 Å². The number of rotatable bonds is 2. The zero-order valence-corrected chi connectivity index (χ0v) is 13.4. The number of nitrogens with one attached hydrogen (secondary N) is 1. The summed E-state index contributed by atoms with van der Waals surface area (Å²) in [7, 11) is 0. The third-order valence-corrected chi connectivity index (χ3v) is 4.04. The van der Waals surface area contributed by atoms with Crippen molar-refractivity contribution in [3.8, 4) is 6.07 Å². The summed E-state index contributed by atoms with van der Waals surface area (Å²) in [4.78, 5) is 21.3. The lowest BCUT2D eigenvalue weighted by atomic mass is 10.1. The number of imidazole rings is 1. The van der Waals surface area contributed by atoms with Crippen molar-refractivity contribution in [3.63, 3.8) is 0 Å². The number of benzene rings is 2. The van der Waals surface area contributed by atoms with E-state index in [9.17, 15) is 10.1 Å². The molecule has 120 valence electrons. The van der Waals surface area contributed by atoms with Gasteiger partial charge < -0.3 is 5.32 Å². The molecule has 6 nitrogen and oxygen atoms in total. The Morgan fingerprint density at radius 1 is 1.12 bits per heavy atom. The molecule has 0 radical (unpaired) electrons. The molecule has 0 unspecified atom stereocenters. The van der Waals surface area contributed by atoms with E-state index in [0.717, 1.165) is 16.6 Å². The second kappa shape index (κ2) is 5.73. The Morgan fingerprint density at radius 3 is 2.68 bits per heavy atom. The third kappa shape index (κ3) is 2.48. The van der Waals surface area contributed by atoms with Gasteiger partial charge in [-0.25, -0.2) is 4.98 Å². The van der Waals surface area contributed by atoms with Gasteiger partial charge in [-0.15, -0.1) is 0 Å². The van der Waals surface area contributed by atoms with Gasteiger partial charge in [0.15, 0.2) is 5.82 Å². The van der Waals surface area contributed by atoms with E-state index in [0.29, 0.717) is 11.3 Å². The molecule has 0 aliphatic rings. The summed E-state index contributed by atoms with van der Waals surface area (Å²) in [6, 6.07) is 16.9. The number of hydrogen-bond donors (Lipinski definition) is 1. The highest BCUT2D eigenvalue weighted by Gasteiger charge is 2.15. The Bertz CT molecular complexity index is 1170. The van der Waals surface area contributed by atoms with Gasteiger partial charge in [-0.2, -0.15) is 10.2 Å². The van der Waals surface area contributed by atoms with Crippen molar-refractivity contribution in [2.45, 2.75) is 6.92 Å². The Balaban J connectivity index is 1.81. The van der Waals surface area contributed by atoms with Crippen LogP contribution in [-0.4, -0.2) is 20.3 Å². The Morgan fingerprint density at radius 2 is 1.88 bits per heavy atom. The average Bonchev–Trinajstić information content (AvgIpc) is 2.98. The molecule has 0 aliphatic carbocycles. The Kier molecular flexibility index (Phi) is 3.40. The van der Waals surface area contributed by atoms with E-state index in [4.69, 9.17) is 0 Å². The number of carbonyl (C=O) groups is 1. The van der Waals surface area contributed by atoms with Crippen LogP contribution in [0.5, 0.6) is 0 Å². The smallest absolute Gasteiger partial charge is 0.257 e. The van der Waals surface area contributed by atoms with Gasteiger partial charge in [0.1, 0.15) is 11.6 Å². The van der Waals surface area contributed by atoms with E-state index in [1.165, 1.54) is 0 Å². The summed E-state index contributed by atoms with van der Waals surface area (Å²) in [6.07, 6.45) is 1.64. The van der Waals surface area contributed by atoms with E-state index in [-0.39, 0.29) is 17.3 Å². The number of fused-ring (bicyclic) bond motifs is 3. The molecule has 0 spiro atoms. The first kappa shape index (κ1) is 14.8. The molecule has 2 aromatic heterocycles. The first-order chi connectivity index (χ1) is 12.2. The number of aromatic nitrogens is 3. The molecule has 0 fully saturated rings. The minimum absolute atomic E-state index is 0.207. The zero-order chi connectivity index (χ0) is 17.4. The van der Waals surface area contributed by atoms with Gasteiger partial charge in [0.2, 0.25) is 5.78 Å². The van der Waals surface area contributed by atoms with Crippen LogP contribution in [0.1, 0.15) is 21.5 Å². The molecule has 0 atom stereocenters. The predicted octanol–water partition coefficient (Wildman–Crippen LogP) is 3.31. The fraction of sp³-hybridized carbons (Fsp3) is 0.0526. The van der Waals surface area contributed by atoms with Crippen LogP contribution in [0, 0.1) is 18.3 Å². The van der Waals surface area contributed by atoms with Crippen molar-refractivity contribution in [2.75, 3.05) is 5.32 Å². The number of anilines is 1. The normalized spacial score (nSPS) is 10.7. The number of nitrogens with zero attached hydrogens (tertiary/aromatic N) is 4. The Labute approximate surface area is 143 Å². The van der Waals surface area contributed by atoms with E-state index in [1.54, 1.807) is 22.7 Å². The van der Waals surface area contributed by atoms with Gasteiger partial charge >= 0.3 is 0 Å². The molecule has 0 saturated carbocycles. The van der Waals surface area contributed by atoms with Gasteiger partial charge in [0, 0.05) is 11.8 Å². The molecule has 1 amide bonds. The van der Waals surface area contributed by atoms with Gasteiger partial charge in [-0.05, 0) is 30.7 Å². The van der Waals surface area contributed by atoms with E-state index < -0.39 is 0 Å². The SMILES string of the molecule is Cc1ccccc1C(=O)Nc1nc2nc3ccccc3n2cc1C#N. The van der Waals surface area contributed by atoms with Crippen LogP contribution in [0.4, 0.5) is 5.82 Å². The molecule has 4 aromatic rings. The lowest BCUT2D eigenvalue weighted by Gasteiger charge is -2.08. The van der Waals surface area contributed by atoms with Crippen molar-refractivity contribution in [2.24, 2.45) is 0 Å². The van der Waals surface area contributed by atoms with Gasteiger partial charge in [0.25, 0.3) is 5.91 Å². The van der Waals surface area contributed by atoms with Crippen molar-refractivity contribution in [1.29, 1.82) is 5.26 Å². The maximum atomic E-state index is 12.5. The molecule has 0 aliphatic heterocycles. The first-order valence-electron chi connectivity index (χ1n) is 7.72. The predicted molar refractivity (Wildman–Crippen MR) is 94.3 cm³/mol. The molecule has 25 heavy (non-hydrogen) atoms. The van der Waals surface area contributed by atoms with Crippen LogP contribution >= 0.6 is 0 Å². The second-order valence-corrected chi connectivity index (χ2v) is 5.65. The lowest BCUT2D eigenvalue weighted by molar-refractivity contribution is 0.102. The van der Waals surface area contributed by atoms with E-state index in [1.807, 2.05) is 43.3 Å². The van der Waals surface area contributed by atoms with Gasteiger partial charge in [-0.3, -0.25) is 9.20 Å². The minimum atomic E-state index is -0.303. The summed E-state index contributed by atoms with van der Waals surface area (Å²) in [6.45, 7) is 1.86. The Hall–Kier alpha value is -3.72. The molecule has 0 bridgehead atoms. The van der Waals surface area contributed by atoms with Crippen LogP contribution < -0.4 is 5.32 Å². The summed E-state index contributed by atoms with van der Waals surface area (Å²) >= 11 is 0. The number of nitriles is 1. The largest absolute Gasteiger partial charge is 0.305 e. The monoisotopic (exact) mass is 327 g/mol. The number of carbonyl (C=O) groups excluding carboxylic acids is 1. The van der Waals surface area contributed by atoms with Crippen molar-refractivity contribution in [1.82, 2.24) is 14.4 Å². The average molecular weight is 327 g/mol. The standard InChI is InChI=1S/C19H13N5O/c1-12-6-2-3-7-14(12)18(25)22-17-13(10-20)11-24-16-9-5-4-8-15(16)21-19(24)23-17/h2-9,11H,1H3,(H,21,22,23,25). The summed E-state index contributed by atoms with van der Waals surface area (Å²) in [5.41, 5.74) is 3.31. The number of aryl methyl sites for hydroxylation is 1. The second-order valence-electron chi connectivity index (χ2n) is 5.65. The highest BCUT2D eigenvalue weighted by atomic mass is 16.1. The third-order valence-electron chi connectivity index (χ3n) is 4.04. The molecule has 1 N–H and O–H groups in total. The molecular weight excluding hydrogens is 314 g/mol. The zero-order valence-electron chi connectivity index (χ0n) is 13.4. The highest BCUT2D eigenvalue weighted by molar-refractivity contribution is 6.05. The fourth-order valence-corrected chi connectivity index (χ4v) is 2.77. The van der Waals surface area contributed by atoms with Crippen LogP contribution in [0.25, 0.3) is 16.8 Å². The van der Waals surface area contributed by atoms with Crippen LogP contribution in [0.2, 0.25) is 0 Å². The quantitative estimate of drug-likeness (QED) is 0.612. The van der Waals surface area contributed by atoms with Crippen LogP contribution in [0.15, 0.2) is 54.7 Å². The number of hydrogen-bond acceptors (Lipinski definition) is 4. The van der Waals surface area contributed by atoms with Crippen molar-refractivity contribution >= 4 is 28.5 Å². The maximum Gasteiger partial charge on any atom is 0.257 e. The van der Waals surface area contributed by atoms with Gasteiger partial charge in [-0.1, -0.05) is 30.3 Å². The lowest BCUT2D eigenvalue weighted by Crippen LogP contribution is -2.16. The van der Waals surface area contributed by atoms with E-state index in [2.05, 4.69) is 21.4 Å². The molecule has 2 aromatic carbocycles. The maximum absolute atomic E-state index is 12.5. The van der Waals surface area contributed by atoms with Crippen LogP contribution in [0.3, 0.4) is 0 Å². The van der Waals surface area contributed by atoms with Crippen molar-refractivity contribution < 1.29 is 4.79 Å². The first-order valence-corrected chi connectivity index (χ1v) is 7.72. The molecular formula is C19H13N5O. The van der Waals surface area contributed by atoms with Crippen molar-refractivity contribution in [3.05, 3.63) is 71.4 Å². The number of para-hydroxylation sites is 2. The molecule has 2 heterocycles.